The Morgan fingerprint density at radius 2 is 2.20 bits per heavy atom. The van der Waals surface area contributed by atoms with Gasteiger partial charge in [-0.2, -0.15) is 5.10 Å². The highest BCUT2D eigenvalue weighted by molar-refractivity contribution is 6.31. The third kappa shape index (κ3) is 3.05. The van der Waals surface area contributed by atoms with Crippen molar-refractivity contribution in [2.24, 2.45) is 0 Å². The molecule has 0 bridgehead atoms. The van der Waals surface area contributed by atoms with Gasteiger partial charge in [0, 0.05) is 36.4 Å². The summed E-state index contributed by atoms with van der Waals surface area (Å²) in [7, 11) is 3.38. The number of nitrogens with zero attached hydrogens (tertiary/aromatic N) is 3. The van der Waals surface area contributed by atoms with Gasteiger partial charge in [-0.15, -0.1) is 0 Å². The first-order valence-electron chi connectivity index (χ1n) is 5.99. The second kappa shape index (κ2) is 5.88. The van der Waals surface area contributed by atoms with Crippen molar-refractivity contribution in [2.45, 2.75) is 6.54 Å². The number of benzene rings is 1. The lowest BCUT2D eigenvalue weighted by atomic mass is 10.0. The fourth-order valence-corrected chi connectivity index (χ4v) is 1.92. The van der Waals surface area contributed by atoms with E-state index in [2.05, 4.69) is 5.10 Å². The Labute approximate surface area is 121 Å². The number of carbonyl (C=O) groups is 2. The van der Waals surface area contributed by atoms with Crippen LogP contribution in [0.2, 0.25) is 5.02 Å². The molecule has 2 rings (SSSR count). The van der Waals surface area contributed by atoms with Gasteiger partial charge in [0.15, 0.2) is 6.29 Å². The van der Waals surface area contributed by atoms with Crippen molar-refractivity contribution < 1.29 is 9.59 Å². The molecule has 0 unspecified atom stereocenters. The number of likely N-dealkylation sites (N-methyl/N-ethyl adjacent to an activating group) is 1. The molecule has 1 aromatic carbocycles. The van der Waals surface area contributed by atoms with Crippen LogP contribution in [0.1, 0.15) is 10.4 Å². The molecule has 0 radical (unpaired) electrons. The fraction of sp³-hybridized carbons (Fsp3) is 0.214. The number of halogens is 1. The van der Waals surface area contributed by atoms with E-state index in [9.17, 15) is 9.59 Å². The molecule has 0 spiro atoms. The highest BCUT2D eigenvalue weighted by atomic mass is 35.5. The molecule has 2 aromatic rings. The lowest BCUT2D eigenvalue weighted by Gasteiger charge is -2.09. The van der Waals surface area contributed by atoms with Crippen molar-refractivity contribution in [1.29, 1.82) is 0 Å². The Morgan fingerprint density at radius 3 is 2.85 bits per heavy atom. The van der Waals surface area contributed by atoms with Crippen molar-refractivity contribution in [3.8, 4) is 11.1 Å². The Balaban J connectivity index is 2.31. The summed E-state index contributed by atoms with van der Waals surface area (Å²) in [5.41, 5.74) is 1.99. The fourth-order valence-electron chi connectivity index (χ4n) is 1.75. The van der Waals surface area contributed by atoms with E-state index in [0.29, 0.717) is 16.1 Å². The van der Waals surface area contributed by atoms with Crippen molar-refractivity contribution >= 4 is 23.8 Å². The van der Waals surface area contributed by atoms with Gasteiger partial charge in [-0.05, 0) is 23.8 Å². The third-order valence-electron chi connectivity index (χ3n) is 2.88. The van der Waals surface area contributed by atoms with E-state index in [4.69, 9.17) is 11.6 Å². The Bertz CT molecular complexity index is 650. The van der Waals surface area contributed by atoms with Crippen molar-refractivity contribution in [3.63, 3.8) is 0 Å². The standard InChI is InChI=1S/C14H14ClN3O2/c1-17(2)14(20)8-18-7-11(6-16-18)13-5-12(15)4-3-10(13)9-19/h3-7,9H,8H2,1-2H3. The van der Waals surface area contributed by atoms with Crippen molar-refractivity contribution in [2.75, 3.05) is 14.1 Å². The molecule has 0 aliphatic heterocycles. The number of carbonyl (C=O) groups excluding carboxylic acids is 2. The molecule has 5 nitrogen and oxygen atoms in total. The monoisotopic (exact) mass is 291 g/mol. The van der Waals surface area contributed by atoms with Gasteiger partial charge in [0.25, 0.3) is 0 Å². The number of hydrogen-bond donors (Lipinski definition) is 0. The molecule has 20 heavy (non-hydrogen) atoms. The van der Waals surface area contributed by atoms with Gasteiger partial charge in [-0.3, -0.25) is 14.3 Å². The molecule has 104 valence electrons. The predicted octanol–water partition coefficient (Wildman–Crippen LogP) is 2.10. The van der Waals surface area contributed by atoms with E-state index in [1.165, 1.54) is 9.58 Å². The zero-order chi connectivity index (χ0) is 14.7. The molecule has 1 heterocycles. The number of hydrogen-bond acceptors (Lipinski definition) is 3. The van der Waals surface area contributed by atoms with Crippen LogP contribution in [0.4, 0.5) is 0 Å². The van der Waals surface area contributed by atoms with E-state index in [1.807, 2.05) is 0 Å². The third-order valence-corrected chi connectivity index (χ3v) is 3.12. The number of aromatic nitrogens is 2. The van der Waals surface area contributed by atoms with Crippen LogP contribution in [0.3, 0.4) is 0 Å². The maximum absolute atomic E-state index is 11.6. The van der Waals surface area contributed by atoms with Crippen LogP contribution in [0.25, 0.3) is 11.1 Å². The molecular weight excluding hydrogens is 278 g/mol. The minimum atomic E-state index is -0.0543. The van der Waals surface area contributed by atoms with Gasteiger partial charge in [-0.1, -0.05) is 11.6 Å². The van der Waals surface area contributed by atoms with Gasteiger partial charge < -0.3 is 4.90 Å². The lowest BCUT2D eigenvalue weighted by molar-refractivity contribution is -0.129. The average molecular weight is 292 g/mol. The molecule has 0 aliphatic carbocycles. The van der Waals surface area contributed by atoms with Crippen LogP contribution in [0.15, 0.2) is 30.6 Å². The summed E-state index contributed by atoms with van der Waals surface area (Å²) in [5, 5.41) is 4.67. The van der Waals surface area contributed by atoms with Gasteiger partial charge in [0.2, 0.25) is 5.91 Å². The quantitative estimate of drug-likeness (QED) is 0.811. The summed E-state index contributed by atoms with van der Waals surface area (Å²) >= 11 is 5.95. The molecule has 0 saturated carbocycles. The van der Waals surface area contributed by atoms with Crippen LogP contribution in [0, 0.1) is 0 Å². The molecule has 0 saturated heterocycles. The highest BCUT2D eigenvalue weighted by Crippen LogP contribution is 2.25. The second-order valence-electron chi connectivity index (χ2n) is 4.56. The molecule has 0 atom stereocenters. The summed E-state index contributed by atoms with van der Waals surface area (Å²) in [6, 6.07) is 5.03. The van der Waals surface area contributed by atoms with Crippen molar-refractivity contribution in [1.82, 2.24) is 14.7 Å². The second-order valence-corrected chi connectivity index (χ2v) is 5.00. The van der Waals surface area contributed by atoms with E-state index < -0.39 is 0 Å². The van der Waals surface area contributed by atoms with E-state index in [0.717, 1.165) is 11.8 Å². The van der Waals surface area contributed by atoms with Gasteiger partial charge in [0.1, 0.15) is 6.54 Å². The normalized spacial score (nSPS) is 10.3. The summed E-state index contributed by atoms with van der Waals surface area (Å²) in [4.78, 5) is 24.2. The number of aldehydes is 1. The largest absolute Gasteiger partial charge is 0.347 e. The van der Waals surface area contributed by atoms with Crippen LogP contribution in [-0.4, -0.2) is 41.0 Å². The molecular formula is C14H14ClN3O2. The Kier molecular flexibility index (Phi) is 4.20. The van der Waals surface area contributed by atoms with Crippen molar-refractivity contribution in [3.05, 3.63) is 41.2 Å². The van der Waals surface area contributed by atoms with Crippen LogP contribution in [-0.2, 0) is 11.3 Å². The summed E-state index contributed by atoms with van der Waals surface area (Å²) < 4.78 is 1.53. The van der Waals surface area contributed by atoms with Gasteiger partial charge >= 0.3 is 0 Å². The Morgan fingerprint density at radius 1 is 1.45 bits per heavy atom. The maximum atomic E-state index is 11.6. The minimum absolute atomic E-state index is 0.0543. The highest BCUT2D eigenvalue weighted by Gasteiger charge is 2.10. The molecule has 1 aromatic heterocycles. The molecule has 0 fully saturated rings. The molecule has 6 heteroatoms. The summed E-state index contributed by atoms with van der Waals surface area (Å²) in [6.45, 7) is 0.157. The number of rotatable bonds is 4. The summed E-state index contributed by atoms with van der Waals surface area (Å²) in [6.07, 6.45) is 4.11. The predicted molar refractivity (Wildman–Crippen MR) is 76.8 cm³/mol. The summed E-state index contributed by atoms with van der Waals surface area (Å²) in [5.74, 6) is -0.0543. The first-order chi connectivity index (χ1) is 9.51. The molecule has 0 aliphatic rings. The minimum Gasteiger partial charge on any atom is -0.347 e. The van der Waals surface area contributed by atoms with Crippen LogP contribution >= 0.6 is 11.6 Å². The lowest BCUT2D eigenvalue weighted by Crippen LogP contribution is -2.26. The zero-order valence-electron chi connectivity index (χ0n) is 11.2. The van der Waals surface area contributed by atoms with Crippen LogP contribution < -0.4 is 0 Å². The smallest absolute Gasteiger partial charge is 0.243 e. The Hall–Kier alpha value is -2.14. The topological polar surface area (TPSA) is 55.2 Å². The molecule has 1 amide bonds. The van der Waals surface area contributed by atoms with E-state index in [-0.39, 0.29) is 12.5 Å². The first kappa shape index (κ1) is 14.3. The average Bonchev–Trinajstić information content (AvgIpc) is 2.87. The van der Waals surface area contributed by atoms with Gasteiger partial charge in [-0.25, -0.2) is 0 Å². The maximum Gasteiger partial charge on any atom is 0.243 e. The molecule has 0 N–H and O–H groups in total. The SMILES string of the molecule is CN(C)C(=O)Cn1cc(-c2cc(Cl)ccc2C=O)cn1. The first-order valence-corrected chi connectivity index (χ1v) is 6.37. The van der Waals surface area contributed by atoms with Crippen LogP contribution in [0.5, 0.6) is 0 Å². The number of amides is 1. The van der Waals surface area contributed by atoms with E-state index >= 15 is 0 Å². The van der Waals surface area contributed by atoms with Gasteiger partial charge in [0.05, 0.1) is 6.20 Å². The van der Waals surface area contributed by atoms with E-state index in [1.54, 1.807) is 44.7 Å². The zero-order valence-corrected chi connectivity index (χ0v) is 12.0.